The van der Waals surface area contributed by atoms with Crippen LogP contribution in [0.1, 0.15) is 22.6 Å². The Morgan fingerprint density at radius 1 is 0.966 bits per heavy atom. The monoisotopic (exact) mass is 387 g/mol. The lowest BCUT2D eigenvalue weighted by atomic mass is 10.1. The fraction of sp³-hybridized carbons (Fsp3) is 0.182. The lowest BCUT2D eigenvalue weighted by Gasteiger charge is -2.17. The highest BCUT2D eigenvalue weighted by molar-refractivity contribution is 6.04. The van der Waals surface area contributed by atoms with Crippen LogP contribution >= 0.6 is 0 Å². The Bertz CT molecular complexity index is 1200. The van der Waals surface area contributed by atoms with E-state index in [4.69, 9.17) is 0 Å². The van der Waals surface area contributed by atoms with Gasteiger partial charge in [-0.1, -0.05) is 48.5 Å². The van der Waals surface area contributed by atoms with Gasteiger partial charge in [0.15, 0.2) is 5.69 Å². The summed E-state index contributed by atoms with van der Waals surface area (Å²) in [7, 11) is 1.74. The number of aryl methyl sites for hydroxylation is 1. The number of benzene rings is 2. The lowest BCUT2D eigenvalue weighted by molar-refractivity contribution is 0.0788. The van der Waals surface area contributed by atoms with Gasteiger partial charge in [-0.25, -0.2) is 5.10 Å². The summed E-state index contributed by atoms with van der Waals surface area (Å²) < 4.78 is 0. The summed E-state index contributed by atoms with van der Waals surface area (Å²) in [6, 6.07) is 19.0. The Kier molecular flexibility index (Phi) is 5.20. The van der Waals surface area contributed by atoms with E-state index in [9.17, 15) is 9.59 Å². The maximum Gasteiger partial charge on any atom is 0.274 e. The summed E-state index contributed by atoms with van der Waals surface area (Å²) in [5.41, 5.74) is 2.97. The molecular weight excluding hydrogens is 366 g/mol. The van der Waals surface area contributed by atoms with Gasteiger partial charge in [-0.05, 0) is 25.0 Å². The minimum absolute atomic E-state index is 0.216. The van der Waals surface area contributed by atoms with E-state index in [1.807, 2.05) is 36.4 Å². The van der Waals surface area contributed by atoms with Gasteiger partial charge in [0, 0.05) is 30.2 Å². The number of hydrogen-bond donors (Lipinski definition) is 2. The van der Waals surface area contributed by atoms with Crippen LogP contribution in [0.4, 0.5) is 0 Å². The SMILES string of the molecule is CN(CCCc1cc(-c2ccccc2)n[nH]1)C(=O)c1n[nH]c(=O)c2ccccc12. The smallest absolute Gasteiger partial charge is 0.274 e. The fourth-order valence-electron chi connectivity index (χ4n) is 3.31. The van der Waals surface area contributed by atoms with E-state index in [1.165, 1.54) is 0 Å². The fourth-order valence-corrected chi connectivity index (χ4v) is 3.31. The van der Waals surface area contributed by atoms with E-state index in [0.717, 1.165) is 29.8 Å². The normalized spacial score (nSPS) is 10.9. The molecule has 0 saturated carbocycles. The maximum absolute atomic E-state index is 12.8. The molecule has 0 aliphatic heterocycles. The number of rotatable bonds is 6. The number of nitrogens with zero attached hydrogens (tertiary/aromatic N) is 3. The number of nitrogens with one attached hydrogen (secondary N) is 2. The number of aromatic amines is 2. The van der Waals surface area contributed by atoms with Crippen molar-refractivity contribution >= 4 is 16.7 Å². The quantitative estimate of drug-likeness (QED) is 0.532. The summed E-state index contributed by atoms with van der Waals surface area (Å²) in [6.45, 7) is 0.563. The van der Waals surface area contributed by atoms with Crippen molar-refractivity contribution in [2.45, 2.75) is 12.8 Å². The summed E-state index contributed by atoms with van der Waals surface area (Å²) in [4.78, 5) is 26.4. The molecule has 2 aromatic heterocycles. The molecule has 7 heteroatoms. The second kappa shape index (κ2) is 8.10. The minimum Gasteiger partial charge on any atom is -0.340 e. The van der Waals surface area contributed by atoms with Crippen molar-refractivity contribution in [3.63, 3.8) is 0 Å². The molecule has 4 rings (SSSR count). The number of aromatic nitrogens is 4. The van der Waals surface area contributed by atoms with E-state index < -0.39 is 0 Å². The summed E-state index contributed by atoms with van der Waals surface area (Å²) in [5, 5.41) is 14.8. The highest BCUT2D eigenvalue weighted by Gasteiger charge is 2.17. The largest absolute Gasteiger partial charge is 0.340 e. The van der Waals surface area contributed by atoms with Crippen molar-refractivity contribution < 1.29 is 4.79 Å². The average molecular weight is 387 g/mol. The first-order valence-corrected chi connectivity index (χ1v) is 9.46. The Hall–Kier alpha value is -3.74. The van der Waals surface area contributed by atoms with Gasteiger partial charge in [-0.2, -0.15) is 10.2 Å². The first-order chi connectivity index (χ1) is 14.1. The van der Waals surface area contributed by atoms with Crippen LogP contribution < -0.4 is 5.56 Å². The molecule has 29 heavy (non-hydrogen) atoms. The zero-order valence-corrected chi connectivity index (χ0v) is 16.1. The number of H-pyrrole nitrogens is 2. The van der Waals surface area contributed by atoms with E-state index in [2.05, 4.69) is 20.4 Å². The molecule has 0 radical (unpaired) electrons. The molecule has 0 aliphatic carbocycles. The van der Waals surface area contributed by atoms with E-state index in [0.29, 0.717) is 17.3 Å². The van der Waals surface area contributed by atoms with Crippen LogP contribution in [0, 0.1) is 0 Å². The van der Waals surface area contributed by atoms with Gasteiger partial charge in [0.05, 0.1) is 11.1 Å². The van der Waals surface area contributed by atoms with Crippen molar-refractivity contribution in [2.24, 2.45) is 0 Å². The predicted octanol–water partition coefficient (Wildman–Crippen LogP) is 3.02. The van der Waals surface area contributed by atoms with Crippen molar-refractivity contribution in [3.8, 4) is 11.3 Å². The highest BCUT2D eigenvalue weighted by atomic mass is 16.2. The number of carbonyl (C=O) groups excluding carboxylic acids is 1. The predicted molar refractivity (Wildman–Crippen MR) is 112 cm³/mol. The molecule has 4 aromatic rings. The van der Waals surface area contributed by atoms with Gasteiger partial charge >= 0.3 is 0 Å². The number of hydrogen-bond acceptors (Lipinski definition) is 4. The molecular formula is C22H21N5O2. The minimum atomic E-state index is -0.298. The van der Waals surface area contributed by atoms with Crippen LogP contribution in [0.3, 0.4) is 0 Å². The molecule has 0 saturated heterocycles. The molecule has 1 amide bonds. The number of fused-ring (bicyclic) bond motifs is 1. The van der Waals surface area contributed by atoms with Crippen LogP contribution in [-0.2, 0) is 6.42 Å². The van der Waals surface area contributed by atoms with Gasteiger partial charge in [-0.3, -0.25) is 14.7 Å². The molecule has 0 fully saturated rings. The van der Waals surface area contributed by atoms with Crippen molar-refractivity contribution in [2.75, 3.05) is 13.6 Å². The van der Waals surface area contributed by atoms with Gasteiger partial charge < -0.3 is 4.90 Å². The van der Waals surface area contributed by atoms with E-state index >= 15 is 0 Å². The molecule has 0 bridgehead atoms. The summed E-state index contributed by atoms with van der Waals surface area (Å²) in [6.07, 6.45) is 1.55. The topological polar surface area (TPSA) is 94.7 Å². The van der Waals surface area contributed by atoms with E-state index in [-0.39, 0.29) is 17.2 Å². The molecule has 146 valence electrons. The van der Waals surface area contributed by atoms with Gasteiger partial charge in [-0.15, -0.1) is 0 Å². The standard InChI is InChI=1S/C22H21N5O2/c1-27(22(29)20-17-11-5-6-12-18(17)21(28)26-25-20)13-7-10-16-14-19(24-23-16)15-8-3-2-4-9-15/h2-6,8-9,11-12,14H,7,10,13H2,1H3,(H,23,24)(H,26,28). The van der Waals surface area contributed by atoms with Gasteiger partial charge in [0.25, 0.3) is 11.5 Å². The van der Waals surface area contributed by atoms with Crippen LogP contribution in [-0.4, -0.2) is 44.8 Å². The summed E-state index contributed by atoms with van der Waals surface area (Å²) >= 11 is 0. The third kappa shape index (κ3) is 3.94. The zero-order chi connectivity index (χ0) is 20.2. The molecule has 2 heterocycles. The van der Waals surface area contributed by atoms with Crippen LogP contribution in [0.5, 0.6) is 0 Å². The number of amides is 1. The van der Waals surface area contributed by atoms with E-state index in [1.54, 1.807) is 36.2 Å². The Morgan fingerprint density at radius 3 is 2.48 bits per heavy atom. The second-order valence-corrected chi connectivity index (χ2v) is 6.92. The van der Waals surface area contributed by atoms with Gasteiger partial charge in [0.1, 0.15) is 0 Å². The molecule has 0 spiro atoms. The van der Waals surface area contributed by atoms with Crippen LogP contribution in [0.2, 0.25) is 0 Å². The zero-order valence-electron chi connectivity index (χ0n) is 16.1. The second-order valence-electron chi connectivity index (χ2n) is 6.92. The highest BCUT2D eigenvalue weighted by Crippen LogP contribution is 2.18. The molecule has 0 aliphatic rings. The first kappa shape index (κ1) is 18.6. The lowest BCUT2D eigenvalue weighted by Crippen LogP contribution is -2.30. The Labute approximate surface area is 167 Å². The van der Waals surface area contributed by atoms with Crippen molar-refractivity contribution in [1.82, 2.24) is 25.3 Å². The first-order valence-electron chi connectivity index (χ1n) is 9.46. The Morgan fingerprint density at radius 2 is 1.69 bits per heavy atom. The molecule has 0 atom stereocenters. The molecule has 7 nitrogen and oxygen atoms in total. The third-order valence-electron chi connectivity index (χ3n) is 4.89. The van der Waals surface area contributed by atoms with Crippen molar-refractivity contribution in [3.05, 3.63) is 82.4 Å². The average Bonchev–Trinajstić information content (AvgIpc) is 3.23. The molecule has 2 N–H and O–H groups in total. The third-order valence-corrected chi connectivity index (χ3v) is 4.89. The van der Waals surface area contributed by atoms with Gasteiger partial charge in [0.2, 0.25) is 0 Å². The Balaban J connectivity index is 1.40. The number of carbonyl (C=O) groups is 1. The maximum atomic E-state index is 12.8. The van der Waals surface area contributed by atoms with Crippen LogP contribution in [0.15, 0.2) is 65.5 Å². The summed E-state index contributed by atoms with van der Waals surface area (Å²) in [5.74, 6) is -0.216. The van der Waals surface area contributed by atoms with Crippen LogP contribution in [0.25, 0.3) is 22.0 Å². The molecule has 0 unspecified atom stereocenters. The molecule has 2 aromatic carbocycles. The van der Waals surface area contributed by atoms with Crippen molar-refractivity contribution in [1.29, 1.82) is 0 Å².